The Morgan fingerprint density at radius 1 is 1.67 bits per heavy atom. The third-order valence-electron chi connectivity index (χ3n) is 2.50. The number of carbonyl (C=O) groups is 1. The quantitative estimate of drug-likeness (QED) is 0.763. The Bertz CT molecular complexity index is 384. The minimum atomic E-state index is -0.855. The van der Waals surface area contributed by atoms with Gasteiger partial charge in [0.05, 0.1) is 12.2 Å². The van der Waals surface area contributed by atoms with Crippen molar-refractivity contribution in [1.29, 1.82) is 0 Å². The van der Waals surface area contributed by atoms with Crippen LogP contribution in [0.4, 0.5) is 0 Å². The first kappa shape index (κ1) is 10.2. The summed E-state index contributed by atoms with van der Waals surface area (Å²) in [4.78, 5) is 15.2. The van der Waals surface area contributed by atoms with Crippen molar-refractivity contribution in [3.8, 4) is 0 Å². The van der Waals surface area contributed by atoms with Gasteiger partial charge in [-0.15, -0.1) is 0 Å². The number of hydrogen-bond acceptors (Lipinski definition) is 4. The Morgan fingerprint density at radius 3 is 3.00 bits per heavy atom. The van der Waals surface area contributed by atoms with E-state index in [9.17, 15) is 4.79 Å². The van der Waals surface area contributed by atoms with Crippen LogP contribution in [0.1, 0.15) is 43.0 Å². The zero-order chi connectivity index (χ0) is 11.0. The van der Waals surface area contributed by atoms with E-state index in [0.29, 0.717) is 30.4 Å². The number of oxazole rings is 1. The van der Waals surface area contributed by atoms with Crippen molar-refractivity contribution < 1.29 is 14.3 Å². The number of carboxylic acid groups (broad SMARTS) is 1. The molecule has 1 aromatic heterocycles. The zero-order valence-electron chi connectivity index (χ0n) is 8.78. The van der Waals surface area contributed by atoms with Crippen LogP contribution in [-0.2, 0) is 11.3 Å². The number of nitrogens with one attached hydrogen (secondary N) is 1. The maximum absolute atomic E-state index is 11.0. The standard InChI is InChI=1S/C10H14N2O3/c1-5(2)9-12-8-6(10(13)14)3-11-4-7(8)15-9/h5-6,11H,3-4H2,1-2H3,(H,13,14). The van der Waals surface area contributed by atoms with Crippen LogP contribution >= 0.6 is 0 Å². The molecule has 5 heteroatoms. The monoisotopic (exact) mass is 210 g/mol. The molecule has 5 nitrogen and oxygen atoms in total. The Labute approximate surface area is 87.5 Å². The zero-order valence-corrected chi connectivity index (χ0v) is 8.78. The fourth-order valence-corrected chi connectivity index (χ4v) is 1.66. The van der Waals surface area contributed by atoms with E-state index >= 15 is 0 Å². The topological polar surface area (TPSA) is 75.4 Å². The van der Waals surface area contributed by atoms with Gasteiger partial charge in [-0.1, -0.05) is 13.8 Å². The summed E-state index contributed by atoms with van der Waals surface area (Å²) in [5.41, 5.74) is 0.588. The molecule has 1 unspecified atom stereocenters. The molecule has 1 aliphatic heterocycles. The molecule has 0 saturated heterocycles. The maximum Gasteiger partial charge on any atom is 0.314 e. The third kappa shape index (κ3) is 1.74. The molecule has 15 heavy (non-hydrogen) atoms. The number of fused-ring (bicyclic) bond motifs is 1. The van der Waals surface area contributed by atoms with Crippen LogP contribution in [-0.4, -0.2) is 22.6 Å². The van der Waals surface area contributed by atoms with E-state index < -0.39 is 11.9 Å². The van der Waals surface area contributed by atoms with E-state index in [1.54, 1.807) is 0 Å². The van der Waals surface area contributed by atoms with Gasteiger partial charge >= 0.3 is 5.97 Å². The fraction of sp³-hybridized carbons (Fsp3) is 0.600. The fourth-order valence-electron chi connectivity index (χ4n) is 1.66. The number of aromatic nitrogens is 1. The van der Waals surface area contributed by atoms with Crippen LogP contribution in [0.3, 0.4) is 0 Å². The van der Waals surface area contributed by atoms with Crippen LogP contribution in [0.25, 0.3) is 0 Å². The summed E-state index contributed by atoms with van der Waals surface area (Å²) >= 11 is 0. The maximum atomic E-state index is 11.0. The molecular formula is C10H14N2O3. The van der Waals surface area contributed by atoms with E-state index in [4.69, 9.17) is 9.52 Å². The van der Waals surface area contributed by atoms with Gasteiger partial charge in [-0.2, -0.15) is 0 Å². The van der Waals surface area contributed by atoms with Gasteiger partial charge in [0.25, 0.3) is 0 Å². The number of carboxylic acids is 1. The Morgan fingerprint density at radius 2 is 2.40 bits per heavy atom. The minimum absolute atomic E-state index is 0.185. The van der Waals surface area contributed by atoms with E-state index in [-0.39, 0.29) is 5.92 Å². The van der Waals surface area contributed by atoms with Crippen molar-refractivity contribution in [3.05, 3.63) is 17.3 Å². The Hall–Kier alpha value is -1.36. The molecule has 0 aliphatic carbocycles. The van der Waals surface area contributed by atoms with Crippen LogP contribution in [0.5, 0.6) is 0 Å². The summed E-state index contributed by atoms with van der Waals surface area (Å²) in [6.45, 7) is 4.94. The molecule has 0 bridgehead atoms. The highest BCUT2D eigenvalue weighted by molar-refractivity contribution is 5.76. The smallest absolute Gasteiger partial charge is 0.314 e. The van der Waals surface area contributed by atoms with Gasteiger partial charge in [-0.05, 0) is 0 Å². The molecule has 1 aliphatic rings. The number of nitrogens with zero attached hydrogens (tertiary/aromatic N) is 1. The van der Waals surface area contributed by atoms with Gasteiger partial charge in [0.1, 0.15) is 11.7 Å². The largest absolute Gasteiger partial charge is 0.481 e. The normalized spacial score (nSPS) is 20.3. The molecule has 0 fully saturated rings. The molecule has 82 valence electrons. The van der Waals surface area contributed by atoms with E-state index in [2.05, 4.69) is 10.3 Å². The van der Waals surface area contributed by atoms with Crippen molar-refractivity contribution in [3.63, 3.8) is 0 Å². The molecular weight excluding hydrogens is 196 g/mol. The minimum Gasteiger partial charge on any atom is -0.481 e. The van der Waals surface area contributed by atoms with Gasteiger partial charge in [-0.3, -0.25) is 4.79 Å². The molecule has 0 amide bonds. The van der Waals surface area contributed by atoms with Crippen molar-refractivity contribution >= 4 is 5.97 Å². The summed E-state index contributed by atoms with van der Waals surface area (Å²) < 4.78 is 5.51. The first-order valence-electron chi connectivity index (χ1n) is 5.02. The molecule has 0 spiro atoms. The molecule has 1 aromatic rings. The Kier molecular flexibility index (Phi) is 2.48. The first-order valence-corrected chi connectivity index (χ1v) is 5.02. The van der Waals surface area contributed by atoms with E-state index in [0.717, 1.165) is 0 Å². The molecule has 2 rings (SSSR count). The van der Waals surface area contributed by atoms with Gasteiger partial charge in [0, 0.05) is 12.5 Å². The average Bonchev–Trinajstić information content (AvgIpc) is 2.60. The summed E-state index contributed by atoms with van der Waals surface area (Å²) in [7, 11) is 0. The van der Waals surface area contributed by atoms with Crippen molar-refractivity contribution in [1.82, 2.24) is 10.3 Å². The molecule has 0 saturated carbocycles. The summed E-state index contributed by atoms with van der Waals surface area (Å²) in [6.07, 6.45) is 0. The number of aliphatic carboxylic acids is 1. The predicted octanol–water partition coefficient (Wildman–Crippen LogP) is 1.07. The molecule has 0 radical (unpaired) electrons. The highest BCUT2D eigenvalue weighted by atomic mass is 16.4. The van der Waals surface area contributed by atoms with Crippen LogP contribution in [0.2, 0.25) is 0 Å². The van der Waals surface area contributed by atoms with Gasteiger partial charge in [-0.25, -0.2) is 4.98 Å². The third-order valence-corrected chi connectivity index (χ3v) is 2.50. The van der Waals surface area contributed by atoms with Gasteiger partial charge in [0.2, 0.25) is 0 Å². The van der Waals surface area contributed by atoms with Crippen LogP contribution < -0.4 is 5.32 Å². The lowest BCUT2D eigenvalue weighted by molar-refractivity contribution is -0.139. The molecule has 1 atom stereocenters. The Balaban J connectivity index is 2.38. The van der Waals surface area contributed by atoms with Gasteiger partial charge in [0.15, 0.2) is 5.89 Å². The SMILES string of the molecule is CC(C)c1nc2c(o1)CNCC2C(=O)O. The van der Waals surface area contributed by atoms with Gasteiger partial charge < -0.3 is 14.8 Å². The lowest BCUT2D eigenvalue weighted by Gasteiger charge is -2.16. The summed E-state index contributed by atoms with van der Waals surface area (Å²) in [6, 6.07) is 0. The highest BCUT2D eigenvalue weighted by Crippen LogP contribution is 2.27. The lowest BCUT2D eigenvalue weighted by Crippen LogP contribution is -2.32. The second kappa shape index (κ2) is 3.66. The first-order chi connectivity index (χ1) is 7.09. The van der Waals surface area contributed by atoms with Crippen LogP contribution in [0, 0.1) is 0 Å². The van der Waals surface area contributed by atoms with Crippen molar-refractivity contribution in [2.45, 2.75) is 32.2 Å². The summed E-state index contributed by atoms with van der Waals surface area (Å²) in [5.74, 6) is 0.0365. The van der Waals surface area contributed by atoms with Crippen LogP contribution in [0.15, 0.2) is 4.42 Å². The van der Waals surface area contributed by atoms with Crippen molar-refractivity contribution in [2.75, 3.05) is 6.54 Å². The molecule has 2 N–H and O–H groups in total. The predicted molar refractivity (Wildman–Crippen MR) is 52.7 cm³/mol. The highest BCUT2D eigenvalue weighted by Gasteiger charge is 2.31. The summed E-state index contributed by atoms with van der Waals surface area (Å²) in [5, 5.41) is 12.0. The number of rotatable bonds is 2. The average molecular weight is 210 g/mol. The molecule has 2 heterocycles. The van der Waals surface area contributed by atoms with Crippen molar-refractivity contribution in [2.24, 2.45) is 0 Å². The van der Waals surface area contributed by atoms with E-state index in [1.165, 1.54) is 0 Å². The van der Waals surface area contributed by atoms with E-state index in [1.807, 2.05) is 13.8 Å². The number of hydrogen-bond donors (Lipinski definition) is 2. The lowest BCUT2D eigenvalue weighted by atomic mass is 10.0. The second-order valence-electron chi connectivity index (χ2n) is 4.04. The molecule has 0 aromatic carbocycles. The second-order valence-corrected chi connectivity index (χ2v) is 4.04.